The highest BCUT2D eigenvalue weighted by atomic mass is 35.5. The Balaban J connectivity index is 2.02. The number of benzene rings is 2. The summed E-state index contributed by atoms with van der Waals surface area (Å²) in [6.07, 6.45) is -0.344. The minimum Gasteiger partial charge on any atom is -0.496 e. The standard InChI is InChI=1S/C18H21ClN2O4/c1-23-15-7-5-4-6-13(15)17(25-3)11-20-18(22)21-14-10-12(19)8-9-16(14)24-2/h4-10,17H,11H2,1-3H3,(H2,20,21,22)/t17-/m0/s1. The van der Waals surface area contributed by atoms with Crippen LogP contribution in [0.3, 0.4) is 0 Å². The largest absolute Gasteiger partial charge is 0.496 e. The normalized spacial score (nSPS) is 11.5. The first kappa shape index (κ1) is 18.9. The predicted octanol–water partition coefficient (Wildman–Crippen LogP) is 3.87. The number of rotatable bonds is 7. The number of amides is 2. The van der Waals surface area contributed by atoms with E-state index < -0.39 is 6.03 Å². The van der Waals surface area contributed by atoms with Crippen LogP contribution in [0.25, 0.3) is 0 Å². The lowest BCUT2D eigenvalue weighted by Crippen LogP contribution is -2.33. The van der Waals surface area contributed by atoms with Gasteiger partial charge in [0.15, 0.2) is 0 Å². The molecule has 0 spiro atoms. The fourth-order valence-corrected chi connectivity index (χ4v) is 2.55. The highest BCUT2D eigenvalue weighted by Crippen LogP contribution is 2.28. The van der Waals surface area contributed by atoms with Crippen molar-refractivity contribution in [3.8, 4) is 11.5 Å². The third kappa shape index (κ3) is 5.01. The zero-order valence-corrected chi connectivity index (χ0v) is 15.1. The molecule has 0 heterocycles. The monoisotopic (exact) mass is 364 g/mol. The summed E-state index contributed by atoms with van der Waals surface area (Å²) >= 11 is 5.96. The molecule has 7 heteroatoms. The summed E-state index contributed by atoms with van der Waals surface area (Å²) < 4.78 is 16.0. The van der Waals surface area contributed by atoms with Crippen LogP contribution in [-0.2, 0) is 4.74 Å². The Hall–Kier alpha value is -2.44. The molecule has 0 aliphatic carbocycles. The number of anilines is 1. The number of hydrogen-bond acceptors (Lipinski definition) is 4. The minimum absolute atomic E-state index is 0.269. The molecule has 2 rings (SSSR count). The van der Waals surface area contributed by atoms with Crippen LogP contribution >= 0.6 is 11.6 Å². The molecule has 134 valence electrons. The summed E-state index contributed by atoms with van der Waals surface area (Å²) in [5, 5.41) is 5.99. The molecule has 2 aromatic carbocycles. The third-order valence-corrected chi connectivity index (χ3v) is 3.86. The molecule has 2 N–H and O–H groups in total. The smallest absolute Gasteiger partial charge is 0.319 e. The van der Waals surface area contributed by atoms with E-state index in [2.05, 4.69) is 10.6 Å². The number of urea groups is 1. The van der Waals surface area contributed by atoms with Crippen LogP contribution < -0.4 is 20.1 Å². The second-order valence-electron chi connectivity index (χ2n) is 5.15. The van der Waals surface area contributed by atoms with Crippen LogP contribution in [0.4, 0.5) is 10.5 Å². The Morgan fingerprint density at radius 2 is 1.80 bits per heavy atom. The van der Waals surface area contributed by atoms with Gasteiger partial charge in [0.1, 0.15) is 17.6 Å². The number of carbonyl (C=O) groups excluding carboxylic acids is 1. The van der Waals surface area contributed by atoms with Gasteiger partial charge in [0, 0.05) is 24.2 Å². The molecule has 1 atom stereocenters. The van der Waals surface area contributed by atoms with Crippen molar-refractivity contribution in [1.82, 2.24) is 5.32 Å². The Bertz CT molecular complexity index is 724. The molecule has 2 amide bonds. The number of halogens is 1. The zero-order valence-electron chi connectivity index (χ0n) is 14.3. The quantitative estimate of drug-likeness (QED) is 0.782. The van der Waals surface area contributed by atoms with Crippen molar-refractivity contribution in [3.63, 3.8) is 0 Å². The van der Waals surface area contributed by atoms with Gasteiger partial charge in [-0.25, -0.2) is 4.79 Å². The maximum absolute atomic E-state index is 12.2. The Morgan fingerprint density at radius 1 is 1.08 bits per heavy atom. The number of nitrogens with one attached hydrogen (secondary N) is 2. The lowest BCUT2D eigenvalue weighted by Gasteiger charge is -2.19. The SMILES string of the molecule is COc1ccc(Cl)cc1NC(=O)NC[C@H](OC)c1ccccc1OC. The summed E-state index contributed by atoms with van der Waals surface area (Å²) in [6.45, 7) is 0.269. The topological polar surface area (TPSA) is 68.8 Å². The second-order valence-corrected chi connectivity index (χ2v) is 5.58. The summed E-state index contributed by atoms with van der Waals surface area (Å²) in [5.41, 5.74) is 1.34. The molecule has 6 nitrogen and oxygen atoms in total. The van der Waals surface area contributed by atoms with E-state index >= 15 is 0 Å². The average molecular weight is 365 g/mol. The molecule has 0 aromatic heterocycles. The fraction of sp³-hybridized carbons (Fsp3) is 0.278. The van der Waals surface area contributed by atoms with Crippen LogP contribution in [0.1, 0.15) is 11.7 Å². The van der Waals surface area contributed by atoms with Gasteiger partial charge in [0.05, 0.1) is 19.9 Å². The van der Waals surface area contributed by atoms with E-state index in [1.807, 2.05) is 24.3 Å². The van der Waals surface area contributed by atoms with Gasteiger partial charge in [-0.15, -0.1) is 0 Å². The first-order valence-corrected chi connectivity index (χ1v) is 8.01. The van der Waals surface area contributed by atoms with Crippen LogP contribution in [0, 0.1) is 0 Å². The highest BCUT2D eigenvalue weighted by molar-refractivity contribution is 6.31. The molecule has 0 saturated heterocycles. The van der Waals surface area contributed by atoms with E-state index in [1.165, 1.54) is 7.11 Å². The predicted molar refractivity (Wildman–Crippen MR) is 97.8 cm³/mol. The van der Waals surface area contributed by atoms with Crippen LogP contribution in [0.2, 0.25) is 5.02 Å². The molecule has 0 aliphatic heterocycles. The lowest BCUT2D eigenvalue weighted by atomic mass is 10.1. The van der Waals surface area contributed by atoms with Crippen LogP contribution in [0.15, 0.2) is 42.5 Å². The van der Waals surface area contributed by atoms with E-state index in [0.29, 0.717) is 22.2 Å². The van der Waals surface area contributed by atoms with Gasteiger partial charge in [0.25, 0.3) is 0 Å². The van der Waals surface area contributed by atoms with Gasteiger partial charge in [0.2, 0.25) is 0 Å². The molecule has 0 radical (unpaired) electrons. The molecule has 25 heavy (non-hydrogen) atoms. The van der Waals surface area contributed by atoms with E-state index in [9.17, 15) is 4.79 Å². The van der Waals surface area contributed by atoms with E-state index in [-0.39, 0.29) is 12.6 Å². The van der Waals surface area contributed by atoms with Crippen molar-refractivity contribution in [2.75, 3.05) is 33.2 Å². The lowest BCUT2D eigenvalue weighted by molar-refractivity contribution is 0.102. The van der Waals surface area contributed by atoms with E-state index in [0.717, 1.165) is 5.56 Å². The number of para-hydroxylation sites is 1. The van der Waals surface area contributed by atoms with Gasteiger partial charge in [-0.3, -0.25) is 0 Å². The van der Waals surface area contributed by atoms with Gasteiger partial charge >= 0.3 is 6.03 Å². The molecule has 0 fully saturated rings. The zero-order chi connectivity index (χ0) is 18.2. The van der Waals surface area contributed by atoms with Crippen molar-refractivity contribution >= 4 is 23.3 Å². The van der Waals surface area contributed by atoms with E-state index in [1.54, 1.807) is 32.4 Å². The third-order valence-electron chi connectivity index (χ3n) is 3.63. The Kier molecular flexibility index (Phi) is 6.91. The van der Waals surface area contributed by atoms with Gasteiger partial charge < -0.3 is 24.8 Å². The first-order chi connectivity index (χ1) is 12.1. The van der Waals surface area contributed by atoms with Gasteiger partial charge in [-0.2, -0.15) is 0 Å². The number of carbonyl (C=O) groups is 1. The van der Waals surface area contributed by atoms with Crippen molar-refractivity contribution in [3.05, 3.63) is 53.1 Å². The number of ether oxygens (including phenoxy) is 3. The molecule has 0 bridgehead atoms. The summed E-state index contributed by atoms with van der Waals surface area (Å²) in [4.78, 5) is 12.2. The van der Waals surface area contributed by atoms with Crippen molar-refractivity contribution in [2.45, 2.75) is 6.10 Å². The molecule has 0 saturated carbocycles. The molecule has 2 aromatic rings. The van der Waals surface area contributed by atoms with Crippen molar-refractivity contribution in [2.24, 2.45) is 0 Å². The fourth-order valence-electron chi connectivity index (χ4n) is 2.38. The molecule has 0 unspecified atom stereocenters. The minimum atomic E-state index is -0.391. The Morgan fingerprint density at radius 3 is 2.48 bits per heavy atom. The number of methoxy groups -OCH3 is 3. The maximum Gasteiger partial charge on any atom is 0.319 e. The van der Waals surface area contributed by atoms with Crippen LogP contribution in [-0.4, -0.2) is 33.9 Å². The maximum atomic E-state index is 12.2. The van der Waals surface area contributed by atoms with Crippen molar-refractivity contribution in [1.29, 1.82) is 0 Å². The first-order valence-electron chi connectivity index (χ1n) is 7.63. The van der Waals surface area contributed by atoms with Crippen LogP contribution in [0.5, 0.6) is 11.5 Å². The second kappa shape index (κ2) is 9.15. The summed E-state index contributed by atoms with van der Waals surface area (Å²) in [6, 6.07) is 12.1. The molecule has 0 aliphatic rings. The molecular weight excluding hydrogens is 344 g/mol. The Labute approximate surface area is 152 Å². The van der Waals surface area contributed by atoms with Gasteiger partial charge in [-0.1, -0.05) is 29.8 Å². The van der Waals surface area contributed by atoms with Crippen molar-refractivity contribution < 1.29 is 19.0 Å². The van der Waals surface area contributed by atoms with E-state index in [4.69, 9.17) is 25.8 Å². The highest BCUT2D eigenvalue weighted by Gasteiger charge is 2.17. The molecular formula is C18H21ClN2O4. The summed E-state index contributed by atoms with van der Waals surface area (Å²) in [7, 11) is 4.70. The van der Waals surface area contributed by atoms with Gasteiger partial charge in [-0.05, 0) is 24.3 Å². The number of hydrogen-bond donors (Lipinski definition) is 2. The summed E-state index contributed by atoms with van der Waals surface area (Å²) in [5.74, 6) is 1.22. The average Bonchev–Trinajstić information content (AvgIpc) is 2.62.